The summed E-state index contributed by atoms with van der Waals surface area (Å²) in [5.74, 6) is -4.34. The Morgan fingerprint density at radius 1 is 1.50 bits per heavy atom. The van der Waals surface area contributed by atoms with Crippen LogP contribution in [0, 0.1) is 5.92 Å². The molecule has 0 aromatic rings. The average Bonchev–Trinajstić information content (AvgIpc) is 2.60. The Labute approximate surface area is 89.4 Å². The van der Waals surface area contributed by atoms with Crippen LogP contribution in [0.15, 0.2) is 0 Å². The van der Waals surface area contributed by atoms with Crippen molar-refractivity contribution in [1.29, 1.82) is 0 Å². The van der Waals surface area contributed by atoms with Gasteiger partial charge < -0.3 is 9.84 Å². The van der Waals surface area contributed by atoms with Crippen molar-refractivity contribution in [1.82, 2.24) is 0 Å². The molecule has 1 saturated carbocycles. The molecule has 0 amide bonds. The van der Waals surface area contributed by atoms with E-state index in [0.717, 1.165) is 7.11 Å². The normalized spacial score (nSPS) is 25.3. The highest BCUT2D eigenvalue weighted by Gasteiger charge is 2.67. The lowest BCUT2D eigenvalue weighted by molar-refractivity contribution is -0.274. The average molecular weight is 240 g/mol. The minimum absolute atomic E-state index is 0.0555. The number of hydrogen-bond acceptors (Lipinski definition) is 4. The smallest absolute Gasteiger partial charge is 0.428 e. The summed E-state index contributed by atoms with van der Waals surface area (Å²) in [5.41, 5.74) is -3.71. The minimum atomic E-state index is -5.22. The fourth-order valence-corrected chi connectivity index (χ4v) is 1.87. The van der Waals surface area contributed by atoms with E-state index in [-0.39, 0.29) is 19.3 Å². The molecule has 0 bridgehead atoms. The lowest BCUT2D eigenvalue weighted by Crippen LogP contribution is -2.59. The number of methoxy groups -OCH3 is 1. The molecule has 2 unspecified atom stereocenters. The molecule has 7 heteroatoms. The van der Waals surface area contributed by atoms with Gasteiger partial charge >= 0.3 is 12.1 Å². The topological polar surface area (TPSA) is 63.6 Å². The van der Waals surface area contributed by atoms with Crippen molar-refractivity contribution in [3.63, 3.8) is 0 Å². The van der Waals surface area contributed by atoms with Crippen molar-refractivity contribution in [2.75, 3.05) is 7.11 Å². The second-order valence-electron chi connectivity index (χ2n) is 3.67. The Morgan fingerprint density at radius 2 is 2.06 bits per heavy atom. The molecule has 1 N–H and O–H groups in total. The van der Waals surface area contributed by atoms with E-state index < -0.39 is 29.4 Å². The van der Waals surface area contributed by atoms with Crippen molar-refractivity contribution in [3.05, 3.63) is 0 Å². The van der Waals surface area contributed by atoms with Crippen molar-refractivity contribution in [3.8, 4) is 0 Å². The van der Waals surface area contributed by atoms with Gasteiger partial charge in [0.05, 0.1) is 13.0 Å². The van der Waals surface area contributed by atoms with Crippen LogP contribution in [0.2, 0.25) is 0 Å². The van der Waals surface area contributed by atoms with Gasteiger partial charge in [-0.1, -0.05) is 0 Å². The maximum absolute atomic E-state index is 12.7. The number of ether oxygens (including phenoxy) is 1. The van der Waals surface area contributed by atoms with E-state index in [9.17, 15) is 27.9 Å². The number of rotatable bonds is 2. The molecule has 0 radical (unpaired) electrons. The largest absolute Gasteiger partial charge is 0.467 e. The monoisotopic (exact) mass is 240 g/mol. The third kappa shape index (κ3) is 1.79. The summed E-state index contributed by atoms with van der Waals surface area (Å²) >= 11 is 0. The van der Waals surface area contributed by atoms with Crippen molar-refractivity contribution in [2.45, 2.75) is 31.0 Å². The molecular weight excluding hydrogens is 229 g/mol. The fraction of sp³-hybridized carbons (Fsp3) is 0.778. The molecule has 0 spiro atoms. The third-order valence-electron chi connectivity index (χ3n) is 2.74. The van der Waals surface area contributed by atoms with Gasteiger partial charge in [-0.05, 0) is 12.8 Å². The summed E-state index contributed by atoms with van der Waals surface area (Å²) in [4.78, 5) is 22.3. The first kappa shape index (κ1) is 13.0. The molecule has 2 atom stereocenters. The van der Waals surface area contributed by atoms with Crippen LogP contribution in [0.1, 0.15) is 19.3 Å². The van der Waals surface area contributed by atoms with Gasteiger partial charge in [0.15, 0.2) is 0 Å². The molecule has 0 aromatic heterocycles. The van der Waals surface area contributed by atoms with Crippen LogP contribution < -0.4 is 0 Å². The van der Waals surface area contributed by atoms with E-state index in [0.29, 0.717) is 0 Å². The molecule has 0 saturated heterocycles. The highest BCUT2D eigenvalue weighted by atomic mass is 19.4. The molecule has 4 nitrogen and oxygen atoms in total. The van der Waals surface area contributed by atoms with Gasteiger partial charge in [-0.15, -0.1) is 0 Å². The molecule has 92 valence electrons. The molecule has 1 aliphatic carbocycles. The summed E-state index contributed by atoms with van der Waals surface area (Å²) in [5, 5.41) is 9.47. The number of esters is 1. The molecule has 0 heterocycles. The standard InChI is InChI=1S/C9H11F3O4/c1-16-7(14)8(15,9(10,11)12)5-3-2-4-6(5)13/h5,15H,2-4H2,1H3. The number of hydrogen-bond donors (Lipinski definition) is 1. The third-order valence-corrected chi connectivity index (χ3v) is 2.74. The van der Waals surface area contributed by atoms with Crippen LogP contribution >= 0.6 is 0 Å². The number of carbonyl (C=O) groups is 2. The number of halogens is 3. The summed E-state index contributed by atoms with van der Waals surface area (Å²) in [6.07, 6.45) is -5.20. The van der Waals surface area contributed by atoms with Crippen LogP contribution in [0.5, 0.6) is 0 Å². The van der Waals surface area contributed by atoms with Gasteiger partial charge in [-0.3, -0.25) is 4.79 Å². The van der Waals surface area contributed by atoms with E-state index in [1.807, 2.05) is 0 Å². The van der Waals surface area contributed by atoms with Gasteiger partial charge in [0.25, 0.3) is 5.60 Å². The van der Waals surface area contributed by atoms with Crippen molar-refractivity contribution in [2.24, 2.45) is 5.92 Å². The Balaban J connectivity index is 3.14. The zero-order valence-corrected chi connectivity index (χ0v) is 8.50. The number of aliphatic hydroxyl groups is 1. The highest BCUT2D eigenvalue weighted by Crippen LogP contribution is 2.42. The summed E-state index contributed by atoms with van der Waals surface area (Å²) in [6.45, 7) is 0. The lowest BCUT2D eigenvalue weighted by atomic mass is 9.84. The van der Waals surface area contributed by atoms with Gasteiger partial charge in [0.2, 0.25) is 0 Å². The predicted octanol–water partition coefficient (Wildman–Crippen LogP) is 0.822. The summed E-state index contributed by atoms with van der Waals surface area (Å²) in [6, 6.07) is 0. The maximum Gasteiger partial charge on any atom is 0.428 e. The summed E-state index contributed by atoms with van der Waals surface area (Å²) < 4.78 is 41.9. The van der Waals surface area contributed by atoms with Crippen LogP contribution in [0.4, 0.5) is 13.2 Å². The van der Waals surface area contributed by atoms with Crippen molar-refractivity contribution < 1.29 is 32.6 Å². The van der Waals surface area contributed by atoms with E-state index in [2.05, 4.69) is 4.74 Å². The zero-order chi connectivity index (χ0) is 12.6. The molecule has 0 aliphatic heterocycles. The highest BCUT2D eigenvalue weighted by molar-refractivity contribution is 5.92. The van der Waals surface area contributed by atoms with E-state index in [1.54, 1.807) is 0 Å². The number of Topliss-reactive ketones (excluding diaryl/α,β-unsaturated/α-hetero) is 1. The number of alkyl halides is 3. The first-order valence-corrected chi connectivity index (χ1v) is 4.65. The van der Waals surface area contributed by atoms with Crippen molar-refractivity contribution >= 4 is 11.8 Å². The molecule has 1 aliphatic rings. The Kier molecular flexibility index (Phi) is 3.27. The number of ketones is 1. The number of carbonyl (C=O) groups excluding carboxylic acids is 2. The minimum Gasteiger partial charge on any atom is -0.467 e. The molecular formula is C9H11F3O4. The van der Waals surface area contributed by atoms with Crippen LogP contribution in [-0.4, -0.2) is 35.7 Å². The predicted molar refractivity (Wildman–Crippen MR) is 45.4 cm³/mol. The van der Waals surface area contributed by atoms with E-state index in [4.69, 9.17) is 0 Å². The second-order valence-corrected chi connectivity index (χ2v) is 3.67. The quantitative estimate of drug-likeness (QED) is 0.726. The summed E-state index contributed by atoms with van der Waals surface area (Å²) in [7, 11) is 0.735. The zero-order valence-electron chi connectivity index (χ0n) is 8.50. The van der Waals surface area contributed by atoms with Gasteiger partial charge in [0, 0.05) is 6.42 Å². The van der Waals surface area contributed by atoms with Gasteiger partial charge in [-0.2, -0.15) is 13.2 Å². The first-order valence-electron chi connectivity index (χ1n) is 4.65. The molecule has 1 rings (SSSR count). The Hall–Kier alpha value is -1.11. The Morgan fingerprint density at radius 3 is 2.38 bits per heavy atom. The molecule has 0 aromatic carbocycles. The lowest BCUT2D eigenvalue weighted by Gasteiger charge is -2.31. The van der Waals surface area contributed by atoms with E-state index >= 15 is 0 Å². The first-order chi connectivity index (χ1) is 7.25. The molecule has 16 heavy (non-hydrogen) atoms. The van der Waals surface area contributed by atoms with Gasteiger partial charge in [0.1, 0.15) is 5.78 Å². The Bertz CT molecular complexity index is 312. The fourth-order valence-electron chi connectivity index (χ4n) is 1.87. The second kappa shape index (κ2) is 4.04. The van der Waals surface area contributed by atoms with E-state index in [1.165, 1.54) is 0 Å². The SMILES string of the molecule is COC(=O)C(O)(C1CCCC1=O)C(F)(F)F. The van der Waals surface area contributed by atoms with Crippen LogP contribution in [-0.2, 0) is 14.3 Å². The maximum atomic E-state index is 12.7. The van der Waals surface area contributed by atoms with Crippen LogP contribution in [0.25, 0.3) is 0 Å². The van der Waals surface area contributed by atoms with Gasteiger partial charge in [-0.25, -0.2) is 4.79 Å². The van der Waals surface area contributed by atoms with Crippen LogP contribution in [0.3, 0.4) is 0 Å². The molecule has 1 fully saturated rings.